The Hall–Kier alpha value is -0.570. The zero-order chi connectivity index (χ0) is 11.1. The summed E-state index contributed by atoms with van der Waals surface area (Å²) >= 11 is 0. The number of hydrogen-bond acceptors (Lipinski definition) is 3. The molecule has 0 aromatic heterocycles. The summed E-state index contributed by atoms with van der Waals surface area (Å²) in [5.74, 6) is 0.865. The Morgan fingerprint density at radius 1 is 1.25 bits per heavy atom. The van der Waals surface area contributed by atoms with E-state index in [9.17, 15) is 4.79 Å². The molecule has 0 saturated carbocycles. The summed E-state index contributed by atoms with van der Waals surface area (Å²) in [6.45, 7) is 3.65. The van der Waals surface area contributed by atoms with Crippen LogP contribution < -0.4 is 0 Å². The van der Waals surface area contributed by atoms with Crippen molar-refractivity contribution < 1.29 is 9.53 Å². The fraction of sp³-hybridized carbons (Fsp3) is 0.923. The van der Waals surface area contributed by atoms with E-state index in [-0.39, 0.29) is 11.9 Å². The third-order valence-corrected chi connectivity index (χ3v) is 4.73. The van der Waals surface area contributed by atoms with Crippen molar-refractivity contribution in [2.45, 2.75) is 51.1 Å². The van der Waals surface area contributed by atoms with E-state index in [0.29, 0.717) is 24.6 Å². The lowest BCUT2D eigenvalue weighted by atomic mass is 9.84. The van der Waals surface area contributed by atoms with Crippen LogP contribution in [0.4, 0.5) is 0 Å². The molecule has 3 heterocycles. The zero-order valence-electron chi connectivity index (χ0n) is 10.0. The summed E-state index contributed by atoms with van der Waals surface area (Å²) in [4.78, 5) is 14.7. The van der Waals surface area contributed by atoms with Crippen molar-refractivity contribution in [2.75, 3.05) is 13.2 Å². The molecule has 4 bridgehead atoms. The van der Waals surface area contributed by atoms with E-state index in [1.165, 1.54) is 38.6 Å². The summed E-state index contributed by atoms with van der Waals surface area (Å²) in [5, 5.41) is 0. The quantitative estimate of drug-likeness (QED) is 0.669. The molecule has 3 nitrogen and oxygen atoms in total. The van der Waals surface area contributed by atoms with Gasteiger partial charge in [0.25, 0.3) is 0 Å². The van der Waals surface area contributed by atoms with Gasteiger partial charge in [-0.05, 0) is 45.1 Å². The second-order valence-corrected chi connectivity index (χ2v) is 5.39. The van der Waals surface area contributed by atoms with Gasteiger partial charge in [-0.3, -0.25) is 9.69 Å². The normalized spacial score (nSPS) is 45.4. The second-order valence-electron chi connectivity index (χ2n) is 5.39. The van der Waals surface area contributed by atoms with E-state index >= 15 is 0 Å². The van der Waals surface area contributed by atoms with Crippen molar-refractivity contribution in [1.29, 1.82) is 0 Å². The van der Waals surface area contributed by atoms with Crippen LogP contribution in [0.2, 0.25) is 0 Å². The summed E-state index contributed by atoms with van der Waals surface area (Å²) in [6, 6.07) is 1.20. The molecular formula is C13H21NO2. The van der Waals surface area contributed by atoms with E-state index in [1.807, 2.05) is 6.92 Å². The molecule has 3 rings (SSSR count). The maximum absolute atomic E-state index is 12.1. The van der Waals surface area contributed by atoms with Gasteiger partial charge in [0.1, 0.15) is 0 Å². The molecule has 1 unspecified atom stereocenters. The van der Waals surface area contributed by atoms with Crippen molar-refractivity contribution in [1.82, 2.24) is 4.90 Å². The molecule has 3 aliphatic rings. The van der Waals surface area contributed by atoms with Crippen LogP contribution in [0.25, 0.3) is 0 Å². The monoisotopic (exact) mass is 223 g/mol. The van der Waals surface area contributed by atoms with Gasteiger partial charge < -0.3 is 4.74 Å². The van der Waals surface area contributed by atoms with Gasteiger partial charge in [0.05, 0.1) is 12.5 Å². The molecule has 3 heteroatoms. The van der Waals surface area contributed by atoms with Crippen LogP contribution in [0.3, 0.4) is 0 Å². The molecule has 3 saturated heterocycles. The predicted octanol–water partition coefficient (Wildman–Crippen LogP) is 1.81. The van der Waals surface area contributed by atoms with Gasteiger partial charge in [0.15, 0.2) is 0 Å². The number of ether oxygens (including phenoxy) is 1. The van der Waals surface area contributed by atoms with Crippen molar-refractivity contribution in [2.24, 2.45) is 11.8 Å². The van der Waals surface area contributed by atoms with Crippen molar-refractivity contribution in [3.05, 3.63) is 0 Å². The van der Waals surface area contributed by atoms with E-state index in [1.54, 1.807) is 0 Å². The highest BCUT2D eigenvalue weighted by Crippen LogP contribution is 2.48. The van der Waals surface area contributed by atoms with Gasteiger partial charge in [-0.25, -0.2) is 0 Å². The lowest BCUT2D eigenvalue weighted by Crippen LogP contribution is -2.44. The van der Waals surface area contributed by atoms with Crippen LogP contribution in [0.5, 0.6) is 0 Å². The minimum atomic E-state index is 0.0776. The summed E-state index contributed by atoms with van der Waals surface area (Å²) in [6.07, 6.45) is 6.32. The molecule has 16 heavy (non-hydrogen) atoms. The third-order valence-electron chi connectivity index (χ3n) is 4.73. The fourth-order valence-corrected chi connectivity index (χ4v) is 4.27. The Morgan fingerprint density at radius 2 is 2.06 bits per heavy atom. The molecule has 3 fully saturated rings. The Labute approximate surface area is 97.1 Å². The maximum atomic E-state index is 12.1. The molecule has 0 aliphatic carbocycles. The minimum Gasteiger partial charge on any atom is -0.466 e. The fourth-order valence-electron chi connectivity index (χ4n) is 4.27. The van der Waals surface area contributed by atoms with E-state index < -0.39 is 0 Å². The first-order valence-corrected chi connectivity index (χ1v) is 6.75. The first-order chi connectivity index (χ1) is 7.83. The maximum Gasteiger partial charge on any atom is 0.310 e. The van der Waals surface area contributed by atoms with Gasteiger partial charge in [-0.15, -0.1) is 0 Å². The first-order valence-electron chi connectivity index (χ1n) is 6.75. The highest BCUT2D eigenvalue weighted by atomic mass is 16.5. The molecule has 0 aromatic rings. The van der Waals surface area contributed by atoms with Gasteiger partial charge in [0, 0.05) is 12.1 Å². The second kappa shape index (κ2) is 4.02. The highest BCUT2D eigenvalue weighted by Gasteiger charge is 2.55. The van der Waals surface area contributed by atoms with Crippen molar-refractivity contribution >= 4 is 5.97 Å². The molecule has 90 valence electrons. The summed E-state index contributed by atoms with van der Waals surface area (Å²) < 4.78 is 5.28. The highest BCUT2D eigenvalue weighted by molar-refractivity contribution is 5.74. The average Bonchev–Trinajstić information content (AvgIpc) is 2.49. The molecule has 0 radical (unpaired) electrons. The topological polar surface area (TPSA) is 29.5 Å². The van der Waals surface area contributed by atoms with E-state index in [0.717, 1.165) is 0 Å². The van der Waals surface area contributed by atoms with E-state index in [4.69, 9.17) is 4.74 Å². The largest absolute Gasteiger partial charge is 0.466 e. The molecule has 3 aliphatic heterocycles. The molecule has 0 N–H and O–H groups in total. The summed E-state index contributed by atoms with van der Waals surface area (Å²) in [7, 11) is 0. The SMILES string of the molecule is CCOC(=O)[C@H]1[C@@H]2CCCN3[C@@H]2CCC[C@@H]13. The number of rotatable bonds is 2. The zero-order valence-corrected chi connectivity index (χ0v) is 10.0. The Balaban J connectivity index is 1.85. The predicted molar refractivity (Wildman–Crippen MR) is 61.0 cm³/mol. The van der Waals surface area contributed by atoms with Gasteiger partial charge >= 0.3 is 5.97 Å². The molecule has 0 amide bonds. The number of nitrogens with zero attached hydrogens (tertiary/aromatic N) is 1. The molecular weight excluding hydrogens is 202 g/mol. The number of hydrogen-bond donors (Lipinski definition) is 0. The van der Waals surface area contributed by atoms with Gasteiger partial charge in [0.2, 0.25) is 0 Å². The van der Waals surface area contributed by atoms with E-state index in [2.05, 4.69) is 4.90 Å². The molecule has 0 aromatic carbocycles. The first kappa shape index (κ1) is 10.6. The van der Waals surface area contributed by atoms with Crippen molar-refractivity contribution in [3.63, 3.8) is 0 Å². The van der Waals surface area contributed by atoms with Gasteiger partial charge in [-0.1, -0.05) is 6.42 Å². The Bertz CT molecular complexity index is 272. The van der Waals surface area contributed by atoms with Crippen LogP contribution in [0.1, 0.15) is 39.0 Å². The standard InChI is InChI=1S/C13H21NO2/c1-2-16-13(15)12-9-5-4-8-14-10(9)6-3-7-11(12)14/h9-12H,2-8H2,1H3/t9-,10-,11+,12+/m1/s1. The number of carbonyl (C=O) groups is 1. The van der Waals surface area contributed by atoms with Gasteiger partial charge in [-0.2, -0.15) is 0 Å². The lowest BCUT2D eigenvalue weighted by molar-refractivity contribution is -0.150. The number of piperidine rings is 2. The smallest absolute Gasteiger partial charge is 0.310 e. The average molecular weight is 223 g/mol. The minimum absolute atomic E-state index is 0.0776. The van der Waals surface area contributed by atoms with Crippen LogP contribution in [0, 0.1) is 11.8 Å². The summed E-state index contributed by atoms with van der Waals surface area (Å²) in [5.41, 5.74) is 0. The van der Waals surface area contributed by atoms with Crippen LogP contribution in [0.15, 0.2) is 0 Å². The lowest BCUT2D eigenvalue weighted by Gasteiger charge is -2.38. The Kier molecular flexibility index (Phi) is 2.66. The van der Waals surface area contributed by atoms with Crippen LogP contribution in [-0.4, -0.2) is 36.1 Å². The number of carbonyl (C=O) groups excluding carboxylic acids is 1. The van der Waals surface area contributed by atoms with Crippen LogP contribution in [-0.2, 0) is 9.53 Å². The van der Waals surface area contributed by atoms with Crippen LogP contribution >= 0.6 is 0 Å². The van der Waals surface area contributed by atoms with Crippen molar-refractivity contribution in [3.8, 4) is 0 Å². The Morgan fingerprint density at radius 3 is 2.81 bits per heavy atom. The third kappa shape index (κ3) is 1.41. The molecule has 0 spiro atoms. The molecule has 5 atom stereocenters. The number of esters is 1.